The minimum Gasteiger partial charge on any atom is -0.326 e. The van der Waals surface area contributed by atoms with Crippen LogP contribution in [-0.2, 0) is 25.8 Å². The Morgan fingerprint density at radius 2 is 1.81 bits per heavy atom. The van der Waals surface area contributed by atoms with Gasteiger partial charge in [-0.05, 0) is 49.2 Å². The lowest BCUT2D eigenvalue weighted by Gasteiger charge is -2.15. The van der Waals surface area contributed by atoms with Crippen molar-refractivity contribution >= 4 is 33.0 Å². The van der Waals surface area contributed by atoms with Crippen molar-refractivity contribution in [1.29, 1.82) is 0 Å². The van der Waals surface area contributed by atoms with E-state index in [9.17, 15) is 18.0 Å². The van der Waals surface area contributed by atoms with Gasteiger partial charge in [0, 0.05) is 31.3 Å². The first-order valence-electron chi connectivity index (χ1n) is 8.76. The van der Waals surface area contributed by atoms with Crippen LogP contribution < -0.4 is 10.2 Å². The fourth-order valence-electron chi connectivity index (χ4n) is 3.10. The molecule has 1 aliphatic rings. The van der Waals surface area contributed by atoms with Crippen molar-refractivity contribution in [2.45, 2.75) is 31.6 Å². The minimum atomic E-state index is -3.58. The molecular formula is C20H22N2O4S. The summed E-state index contributed by atoms with van der Waals surface area (Å²) in [7, 11) is -3.58. The van der Waals surface area contributed by atoms with E-state index in [-0.39, 0.29) is 28.9 Å². The molecule has 0 atom stereocenters. The van der Waals surface area contributed by atoms with Gasteiger partial charge in [0.15, 0.2) is 9.84 Å². The maximum absolute atomic E-state index is 12.6. The highest BCUT2D eigenvalue weighted by Gasteiger charge is 2.25. The molecule has 1 N–H and O–H groups in total. The van der Waals surface area contributed by atoms with Crippen LogP contribution in [0.25, 0.3) is 0 Å². The van der Waals surface area contributed by atoms with Crippen LogP contribution in [0, 0.1) is 6.92 Å². The predicted octanol–water partition coefficient (Wildman–Crippen LogP) is 2.71. The Labute approximate surface area is 159 Å². The van der Waals surface area contributed by atoms with Crippen molar-refractivity contribution < 1.29 is 18.0 Å². The first-order chi connectivity index (χ1) is 12.8. The summed E-state index contributed by atoms with van der Waals surface area (Å²) in [4.78, 5) is 25.5. The highest BCUT2D eigenvalue weighted by Crippen LogP contribution is 2.30. The first-order valence-corrected chi connectivity index (χ1v) is 10.4. The second kappa shape index (κ2) is 7.52. The molecule has 3 rings (SSSR count). The van der Waals surface area contributed by atoms with E-state index < -0.39 is 9.84 Å². The third-order valence-electron chi connectivity index (χ3n) is 4.62. The number of sulfone groups is 1. The lowest BCUT2D eigenvalue weighted by Crippen LogP contribution is -2.25. The van der Waals surface area contributed by atoms with Gasteiger partial charge in [-0.2, -0.15) is 0 Å². The zero-order valence-corrected chi connectivity index (χ0v) is 16.2. The topological polar surface area (TPSA) is 83.6 Å². The summed E-state index contributed by atoms with van der Waals surface area (Å²) in [6, 6.07) is 12.1. The van der Waals surface area contributed by atoms with E-state index in [1.54, 1.807) is 29.2 Å². The highest BCUT2D eigenvalue weighted by molar-refractivity contribution is 7.91. The largest absolute Gasteiger partial charge is 0.326 e. The normalized spacial score (nSPS) is 13.3. The Morgan fingerprint density at radius 1 is 1.11 bits per heavy atom. The molecule has 0 radical (unpaired) electrons. The molecule has 1 aliphatic heterocycles. The van der Waals surface area contributed by atoms with Crippen LogP contribution >= 0.6 is 0 Å². The monoisotopic (exact) mass is 386 g/mol. The van der Waals surface area contributed by atoms with E-state index in [2.05, 4.69) is 5.32 Å². The van der Waals surface area contributed by atoms with Gasteiger partial charge in [-0.1, -0.05) is 17.7 Å². The molecule has 1 heterocycles. The number of nitrogens with one attached hydrogen (secondary N) is 1. The predicted molar refractivity (Wildman–Crippen MR) is 105 cm³/mol. The SMILES string of the molecule is CC(=O)N1CCc2cc(S(=O)(=O)CCC(=O)Nc3ccc(C)cc3)ccc21. The van der Waals surface area contributed by atoms with Gasteiger partial charge in [-0.25, -0.2) is 8.42 Å². The summed E-state index contributed by atoms with van der Waals surface area (Å²) < 4.78 is 25.2. The molecule has 0 aromatic heterocycles. The molecule has 27 heavy (non-hydrogen) atoms. The van der Waals surface area contributed by atoms with Crippen LogP contribution in [0.3, 0.4) is 0 Å². The van der Waals surface area contributed by atoms with Gasteiger partial charge < -0.3 is 10.2 Å². The number of aryl methyl sites for hydroxylation is 1. The standard InChI is InChI=1S/C20H22N2O4S/c1-14-3-5-17(6-4-14)21-20(24)10-12-27(25,26)18-7-8-19-16(13-18)9-11-22(19)15(2)23/h3-8,13H,9-12H2,1-2H3,(H,21,24). The van der Waals surface area contributed by atoms with Crippen LogP contribution in [0.15, 0.2) is 47.4 Å². The molecule has 0 aliphatic carbocycles. The van der Waals surface area contributed by atoms with Gasteiger partial charge >= 0.3 is 0 Å². The number of anilines is 2. The van der Waals surface area contributed by atoms with Crippen molar-refractivity contribution in [1.82, 2.24) is 0 Å². The number of rotatable bonds is 5. The summed E-state index contributed by atoms with van der Waals surface area (Å²) in [5, 5.41) is 2.71. The Morgan fingerprint density at radius 3 is 2.48 bits per heavy atom. The van der Waals surface area contributed by atoms with E-state index >= 15 is 0 Å². The van der Waals surface area contributed by atoms with Crippen molar-refractivity contribution in [2.75, 3.05) is 22.5 Å². The molecular weight excluding hydrogens is 364 g/mol. The summed E-state index contributed by atoms with van der Waals surface area (Å²) in [5.74, 6) is -0.664. The van der Waals surface area contributed by atoms with Crippen LogP contribution in [0.4, 0.5) is 11.4 Å². The third kappa shape index (κ3) is 4.36. The van der Waals surface area contributed by atoms with E-state index in [0.717, 1.165) is 16.8 Å². The second-order valence-corrected chi connectivity index (χ2v) is 8.80. The average molecular weight is 386 g/mol. The zero-order chi connectivity index (χ0) is 19.6. The smallest absolute Gasteiger partial charge is 0.225 e. The van der Waals surface area contributed by atoms with Gasteiger partial charge in [-0.15, -0.1) is 0 Å². The third-order valence-corrected chi connectivity index (χ3v) is 6.33. The lowest BCUT2D eigenvalue weighted by atomic mass is 10.2. The van der Waals surface area contributed by atoms with Gasteiger partial charge in [-0.3, -0.25) is 9.59 Å². The molecule has 0 bridgehead atoms. The maximum atomic E-state index is 12.6. The Bertz CT molecular complexity index is 982. The van der Waals surface area contributed by atoms with Gasteiger partial charge in [0.05, 0.1) is 10.6 Å². The van der Waals surface area contributed by atoms with Crippen LogP contribution in [0.1, 0.15) is 24.5 Å². The molecule has 2 aromatic carbocycles. The van der Waals surface area contributed by atoms with Crippen molar-refractivity contribution in [2.24, 2.45) is 0 Å². The molecule has 142 valence electrons. The Kier molecular flexibility index (Phi) is 5.32. The van der Waals surface area contributed by atoms with Crippen LogP contribution in [0.2, 0.25) is 0 Å². The fourth-order valence-corrected chi connectivity index (χ4v) is 4.39. The minimum absolute atomic E-state index is 0.0582. The average Bonchev–Trinajstić information content (AvgIpc) is 3.05. The van der Waals surface area contributed by atoms with Gasteiger partial charge in [0.2, 0.25) is 11.8 Å². The summed E-state index contributed by atoms with van der Waals surface area (Å²) in [6.45, 7) is 4.00. The number of amides is 2. The maximum Gasteiger partial charge on any atom is 0.225 e. The quantitative estimate of drug-likeness (QED) is 0.856. The molecule has 0 spiro atoms. The second-order valence-electron chi connectivity index (χ2n) is 6.69. The molecule has 6 nitrogen and oxygen atoms in total. The van der Waals surface area contributed by atoms with Crippen molar-refractivity contribution in [3.8, 4) is 0 Å². The summed E-state index contributed by atoms with van der Waals surface area (Å²) >= 11 is 0. The van der Waals surface area contributed by atoms with Gasteiger partial charge in [0.1, 0.15) is 0 Å². The van der Waals surface area contributed by atoms with Gasteiger partial charge in [0.25, 0.3) is 0 Å². The van der Waals surface area contributed by atoms with E-state index in [1.807, 2.05) is 19.1 Å². The molecule has 0 saturated heterocycles. The number of benzene rings is 2. The van der Waals surface area contributed by atoms with E-state index in [0.29, 0.717) is 18.7 Å². The summed E-state index contributed by atoms with van der Waals surface area (Å²) in [5.41, 5.74) is 3.33. The molecule has 0 saturated carbocycles. The lowest BCUT2D eigenvalue weighted by molar-refractivity contribution is -0.117. The number of carbonyl (C=O) groups is 2. The Hall–Kier alpha value is -2.67. The van der Waals surface area contributed by atoms with Crippen molar-refractivity contribution in [3.63, 3.8) is 0 Å². The number of carbonyl (C=O) groups excluding carboxylic acids is 2. The first kappa shape index (κ1) is 19.1. The number of nitrogens with zero attached hydrogens (tertiary/aromatic N) is 1. The highest BCUT2D eigenvalue weighted by atomic mass is 32.2. The number of hydrogen-bond donors (Lipinski definition) is 1. The van der Waals surface area contributed by atoms with Crippen molar-refractivity contribution in [3.05, 3.63) is 53.6 Å². The molecule has 0 unspecified atom stereocenters. The Balaban J connectivity index is 1.66. The number of fused-ring (bicyclic) bond motifs is 1. The summed E-state index contributed by atoms with van der Waals surface area (Å²) in [6.07, 6.45) is 0.513. The molecule has 7 heteroatoms. The van der Waals surface area contributed by atoms with E-state index in [4.69, 9.17) is 0 Å². The zero-order valence-electron chi connectivity index (χ0n) is 15.4. The van der Waals surface area contributed by atoms with E-state index in [1.165, 1.54) is 13.0 Å². The molecule has 2 aromatic rings. The molecule has 0 fully saturated rings. The number of hydrogen-bond acceptors (Lipinski definition) is 4. The van der Waals surface area contributed by atoms with Crippen LogP contribution in [-0.4, -0.2) is 32.5 Å². The molecule has 2 amide bonds. The van der Waals surface area contributed by atoms with Crippen LogP contribution in [0.5, 0.6) is 0 Å². The fraction of sp³-hybridized carbons (Fsp3) is 0.300.